The van der Waals surface area contributed by atoms with E-state index in [1.54, 1.807) is 0 Å². The lowest BCUT2D eigenvalue weighted by atomic mass is 9.93. The zero-order valence-corrected chi connectivity index (χ0v) is 79.2. The summed E-state index contributed by atoms with van der Waals surface area (Å²) in [4.78, 5) is 65.8. The molecule has 1 unspecified atom stereocenters. The van der Waals surface area contributed by atoms with E-state index in [1.165, 1.54) is 6.92 Å². The Hall–Kier alpha value is -4.85. The first-order chi connectivity index (χ1) is 69.6. The molecular formula is C82H137N5O60. The number of carbonyl (C=O) groups excluding carboxylic acids is 5. The van der Waals surface area contributed by atoms with Crippen LogP contribution in [0.1, 0.15) is 41.5 Å². The number of ether oxygens (including phenoxy) is 23. The van der Waals surface area contributed by atoms with Gasteiger partial charge in [0.15, 0.2) is 75.5 Å². The molecule has 0 aromatic carbocycles. The predicted octanol–water partition coefficient (Wildman–Crippen LogP) is -25.4. The third-order valence-corrected chi connectivity index (χ3v) is 27.1. The average molecular weight is 2150 g/mol. The molecule has 60 atom stereocenters. The molecule has 5 amide bonds. The Morgan fingerprint density at radius 3 is 0.782 bits per heavy atom. The van der Waals surface area contributed by atoms with Crippen LogP contribution in [0.2, 0.25) is 0 Å². The molecule has 0 aromatic rings. The zero-order chi connectivity index (χ0) is 108. The van der Waals surface area contributed by atoms with Gasteiger partial charge < -0.3 is 299 Å². The monoisotopic (exact) mass is 2150 g/mol. The summed E-state index contributed by atoms with van der Waals surface area (Å²) < 4.78 is 139. The minimum Gasteiger partial charge on any atom is -0.394 e. The van der Waals surface area contributed by atoms with Crippen molar-refractivity contribution in [2.75, 3.05) is 72.7 Å². The molecule has 12 saturated heterocycles. The molecule has 850 valence electrons. The van der Waals surface area contributed by atoms with E-state index >= 15 is 0 Å². The lowest BCUT2D eigenvalue weighted by Gasteiger charge is -2.53. The Bertz CT molecular complexity index is 4110. The third kappa shape index (κ3) is 26.7. The van der Waals surface area contributed by atoms with Gasteiger partial charge in [0.05, 0.1) is 78.8 Å². The van der Waals surface area contributed by atoms with Crippen molar-refractivity contribution in [3.8, 4) is 0 Å². The number of hydrogen-bond acceptors (Lipinski definition) is 60. The number of hydrogen-bond donors (Lipinski definition) is 37. The summed E-state index contributed by atoms with van der Waals surface area (Å²) in [5.74, 6) is -4.96. The van der Waals surface area contributed by atoms with Crippen molar-refractivity contribution in [2.24, 2.45) is 0 Å². The molecule has 65 nitrogen and oxygen atoms in total. The molecule has 0 saturated carbocycles. The molecule has 37 N–H and O–H groups in total. The maximum Gasteiger partial charge on any atom is 0.217 e. The van der Waals surface area contributed by atoms with Crippen molar-refractivity contribution in [3.63, 3.8) is 0 Å². The van der Waals surface area contributed by atoms with Crippen molar-refractivity contribution >= 4 is 29.5 Å². The highest BCUT2D eigenvalue weighted by Gasteiger charge is 2.65. The second-order valence-corrected chi connectivity index (χ2v) is 37.3. The molecule has 12 rings (SSSR count). The summed E-state index contributed by atoms with van der Waals surface area (Å²) >= 11 is 0. The number of carbonyl (C=O) groups is 5. The molecule has 147 heavy (non-hydrogen) atoms. The third-order valence-electron chi connectivity index (χ3n) is 27.1. The molecule has 12 fully saturated rings. The Morgan fingerprint density at radius 1 is 0.190 bits per heavy atom. The molecule has 0 aliphatic carbocycles. The molecule has 0 spiro atoms. The van der Waals surface area contributed by atoms with E-state index in [-0.39, 0.29) is 0 Å². The fourth-order valence-corrected chi connectivity index (χ4v) is 19.3. The molecule has 0 bridgehead atoms. The van der Waals surface area contributed by atoms with Crippen LogP contribution in [0.3, 0.4) is 0 Å². The molecule has 0 aromatic heterocycles. The maximum absolute atomic E-state index is 13.9. The first-order valence-electron chi connectivity index (χ1n) is 47.0. The Balaban J connectivity index is 0.915. The highest BCUT2D eigenvalue weighted by Crippen LogP contribution is 2.44. The van der Waals surface area contributed by atoms with Crippen LogP contribution in [0.4, 0.5) is 0 Å². The summed E-state index contributed by atoms with van der Waals surface area (Å²) in [6, 6.07) is -9.98. The van der Waals surface area contributed by atoms with Crippen LogP contribution >= 0.6 is 0 Å². The minimum atomic E-state index is -2.85. The maximum atomic E-state index is 13.9. The first-order valence-corrected chi connectivity index (χ1v) is 47.0. The van der Waals surface area contributed by atoms with Gasteiger partial charge in [-0.3, -0.25) is 24.0 Å². The largest absolute Gasteiger partial charge is 0.394 e. The number of aliphatic hydroxyl groups is 32. The smallest absolute Gasteiger partial charge is 0.217 e. The van der Waals surface area contributed by atoms with Gasteiger partial charge in [0.2, 0.25) is 29.5 Å². The van der Waals surface area contributed by atoms with Gasteiger partial charge >= 0.3 is 0 Å². The van der Waals surface area contributed by atoms with Crippen LogP contribution in [0.25, 0.3) is 0 Å². The van der Waals surface area contributed by atoms with Crippen molar-refractivity contribution < 1.29 is 296 Å². The van der Waals surface area contributed by atoms with Gasteiger partial charge in [0.25, 0.3) is 0 Å². The SMILES string of the molecule is CC(=O)N[C@H]1[C@H](O[C@H]2[C@H](O)[C@@H](NC(C)=O)C(O)O[C@@H]2CO)O[C@H](CO)[C@@H](O[C@@H]2O[C@H](CO[C@H]3O[C@H](CO)[C@@H](O[C@@H]4O[C@H](CO)[C@@H](O[C@@H]5O[C@H](CO)[C@H](O)[C@H](O)[C@H]5O)[C@H](O)[C@H]4NC(C)=O)[C@H](O)[C@@H]3O)[C@@H](O)[C@H](O[C@H]3O[C@H](CO)[C@@H](O[C@@H]4O[C@H](CO)[C@@H](O[C@@H]5O[C@H](CO)[C@H](O)[C@H](O)[C@H]5O)[C@H](O[C@@H]5O[C@@H](C)[C@@H](O)[C@@H](O)[C@@H]5O)[C@H]4NC(C)=O)[C@H](O[C@@H]4O[C@H](CO)[C@@H](O[C@@H]5O[C@H](CO)[C@H](O)[C@H](O)[C@H]5O)[C@H](O)[C@H]4NC(C)=O)[C@@H]3O)[C@@H]2O)[C@@H]1O. The summed E-state index contributed by atoms with van der Waals surface area (Å²) in [7, 11) is 0. The van der Waals surface area contributed by atoms with E-state index in [1.807, 2.05) is 0 Å². The summed E-state index contributed by atoms with van der Waals surface area (Å²) in [5, 5.41) is 374. The highest BCUT2D eigenvalue weighted by atomic mass is 16.8. The zero-order valence-electron chi connectivity index (χ0n) is 79.2. The second-order valence-electron chi connectivity index (χ2n) is 37.3. The number of nitrogens with one attached hydrogen (secondary N) is 5. The lowest BCUT2D eigenvalue weighted by molar-refractivity contribution is -0.407. The first kappa shape index (κ1) is 121. The molecule has 12 aliphatic rings. The van der Waals surface area contributed by atoms with Gasteiger partial charge in [-0.1, -0.05) is 0 Å². The van der Waals surface area contributed by atoms with E-state index in [2.05, 4.69) is 26.6 Å². The van der Waals surface area contributed by atoms with E-state index in [9.17, 15) is 187 Å². The topological polar surface area (TPSA) is 1010 Å². The summed E-state index contributed by atoms with van der Waals surface area (Å²) in [5.41, 5.74) is 0. The molecule has 0 radical (unpaired) electrons. The van der Waals surface area contributed by atoms with E-state index in [0.717, 1.165) is 34.6 Å². The number of amides is 5. The van der Waals surface area contributed by atoms with Crippen molar-refractivity contribution in [2.45, 2.75) is 410 Å². The van der Waals surface area contributed by atoms with Crippen molar-refractivity contribution in [1.82, 2.24) is 26.6 Å². The van der Waals surface area contributed by atoms with Crippen LogP contribution in [0, 0.1) is 0 Å². The van der Waals surface area contributed by atoms with Gasteiger partial charge in [0, 0.05) is 34.6 Å². The van der Waals surface area contributed by atoms with Crippen molar-refractivity contribution in [1.29, 1.82) is 0 Å². The highest BCUT2D eigenvalue weighted by molar-refractivity contribution is 5.75. The molecular weight excluding hydrogens is 2010 g/mol. The van der Waals surface area contributed by atoms with Crippen molar-refractivity contribution in [3.05, 3.63) is 0 Å². The Labute approximate surface area is 832 Å². The predicted molar refractivity (Wildman–Crippen MR) is 452 cm³/mol. The summed E-state index contributed by atoms with van der Waals surface area (Å²) in [6.07, 6.45) is -120. The van der Waals surface area contributed by atoms with Gasteiger partial charge in [-0.25, -0.2) is 0 Å². The lowest BCUT2D eigenvalue weighted by Crippen LogP contribution is -2.72. The molecule has 12 heterocycles. The standard InChI is InChI=1S/C82H137N5O60/c1-18-40(103)49(112)54(117)77(126-18)145-68-39(87-23(6)102)75(134-32(15-96)66(68)144-80-57(120)52(115)43(106)26(9-90)130-80)143-67-33(16-97)136-82(60(123)70(67)147-74-38(86-22(5)101)48(111)63(29(12-93)133-74)141-79-56(119)51(114)42(105)25(8-89)129-79)146-69-44(107)34(137-81(59(69)122)142-64-30(13-94)131-72(36(47(64)110)84-20(3)99)138-61-27(10-91)127-71(124)35(45(61)108)83-19(2)98)17-125-76-58(121)53(116)65(31(14-95)135-76)139-73-37(85-21(4)100)46(109)62(28(11-92)132-73)140-78-55(118)50(113)41(104)24(7-88)128-78/h18,24-82,88-97,103-124H,7-17H2,1-6H3,(H,83,98)(H,84,99)(H,85,100)(H,86,101)(H,87,102)/t18-,24+,25+,26+,27+,28+,29+,30+,31+,32+,33+,34+,35+,36+,37+,38+,39+,40+,41-,42-,43-,44+,45+,46+,47+,48+,49+,50-,51-,52-,53+,54-,55+,56+,57+,58-,59-,60-,61+,62+,63+,64+,65+,66+,67+,68+,69-,70+,71?,72-,73-,74-,75-,76-,77-,78-,79-,80-,81-,82+/m0/s1. The van der Waals surface area contributed by atoms with E-state index in [4.69, 9.17) is 109 Å². The minimum absolute atomic E-state index is 0.833. The van der Waals surface area contributed by atoms with E-state index in [0.29, 0.717) is 0 Å². The van der Waals surface area contributed by atoms with Gasteiger partial charge in [-0.15, -0.1) is 0 Å². The van der Waals surface area contributed by atoms with Crippen LogP contribution < -0.4 is 26.6 Å². The molecule has 65 heteroatoms. The average Bonchev–Trinajstić information content (AvgIpc) is 0.744. The van der Waals surface area contributed by atoms with Gasteiger partial charge in [0.1, 0.15) is 287 Å². The van der Waals surface area contributed by atoms with Crippen LogP contribution in [0.15, 0.2) is 0 Å². The Morgan fingerprint density at radius 2 is 0.415 bits per heavy atom. The number of aliphatic hydroxyl groups excluding tert-OH is 32. The quantitative estimate of drug-likeness (QED) is 0.0273. The van der Waals surface area contributed by atoms with Crippen LogP contribution in [-0.2, 0) is 133 Å². The fourth-order valence-electron chi connectivity index (χ4n) is 19.3. The normalized spacial score (nSPS) is 49.6. The molecule has 12 aliphatic heterocycles. The second kappa shape index (κ2) is 52.8. The summed E-state index contributed by atoms with van der Waals surface area (Å²) in [6.45, 7) is -7.45. The van der Waals surface area contributed by atoms with Crippen LogP contribution in [0.5, 0.6) is 0 Å². The van der Waals surface area contributed by atoms with Gasteiger partial charge in [-0.2, -0.15) is 0 Å². The van der Waals surface area contributed by atoms with Crippen LogP contribution in [-0.4, -0.2) is 634 Å². The Kier molecular flexibility index (Phi) is 43.4. The van der Waals surface area contributed by atoms with E-state index < -0.39 is 470 Å². The van der Waals surface area contributed by atoms with Gasteiger partial charge in [-0.05, 0) is 6.92 Å². The number of rotatable bonds is 38. The fraction of sp³-hybridized carbons (Fsp3) is 0.939.